The van der Waals surface area contributed by atoms with Crippen molar-refractivity contribution in [3.8, 4) is 0 Å². The Morgan fingerprint density at radius 1 is 1.17 bits per heavy atom. The molecule has 0 radical (unpaired) electrons. The van der Waals surface area contributed by atoms with Crippen LogP contribution in [0.15, 0.2) is 0 Å². The molecule has 2 N–H and O–H groups in total. The zero-order valence-corrected chi connectivity index (χ0v) is 12.1. The van der Waals surface area contributed by atoms with Crippen LogP contribution in [0, 0.1) is 0 Å². The van der Waals surface area contributed by atoms with E-state index < -0.39 is 0 Å². The van der Waals surface area contributed by atoms with Crippen LogP contribution in [0.3, 0.4) is 0 Å². The van der Waals surface area contributed by atoms with Crippen molar-refractivity contribution in [3.63, 3.8) is 0 Å². The second-order valence-corrected chi connectivity index (χ2v) is 5.58. The molecular weight excluding hydrogens is 224 g/mol. The van der Waals surface area contributed by atoms with E-state index in [1.54, 1.807) is 0 Å². The molecule has 0 spiro atoms. The maximum absolute atomic E-state index is 12.0. The van der Waals surface area contributed by atoms with E-state index in [4.69, 9.17) is 0 Å². The lowest BCUT2D eigenvalue weighted by atomic mass is 9.95. The molecule has 1 amide bonds. The topological polar surface area (TPSA) is 41.1 Å². The van der Waals surface area contributed by atoms with Gasteiger partial charge in [-0.3, -0.25) is 4.79 Å². The zero-order valence-electron chi connectivity index (χ0n) is 12.1. The minimum absolute atomic E-state index is 0.0476. The normalized spacial score (nSPS) is 18.6. The highest BCUT2D eigenvalue weighted by Crippen LogP contribution is 2.17. The summed E-state index contributed by atoms with van der Waals surface area (Å²) in [6.07, 6.45) is 11.2. The predicted molar refractivity (Wildman–Crippen MR) is 76.6 cm³/mol. The quantitative estimate of drug-likeness (QED) is 0.654. The van der Waals surface area contributed by atoms with E-state index in [-0.39, 0.29) is 11.9 Å². The van der Waals surface area contributed by atoms with E-state index >= 15 is 0 Å². The molecule has 0 aromatic carbocycles. The van der Waals surface area contributed by atoms with Gasteiger partial charge in [-0.25, -0.2) is 0 Å². The highest BCUT2D eigenvalue weighted by Gasteiger charge is 2.18. The molecule has 0 aromatic heterocycles. The van der Waals surface area contributed by atoms with Crippen LogP contribution in [0.25, 0.3) is 0 Å². The van der Waals surface area contributed by atoms with Gasteiger partial charge in [-0.05, 0) is 32.7 Å². The van der Waals surface area contributed by atoms with Crippen molar-refractivity contribution in [3.05, 3.63) is 0 Å². The number of nitrogens with one attached hydrogen (secondary N) is 2. The van der Waals surface area contributed by atoms with Crippen LogP contribution in [-0.4, -0.2) is 24.5 Å². The van der Waals surface area contributed by atoms with Gasteiger partial charge in [0.05, 0.1) is 6.04 Å². The van der Waals surface area contributed by atoms with Gasteiger partial charge in [-0.1, -0.05) is 45.4 Å². The third-order valence-corrected chi connectivity index (χ3v) is 3.83. The van der Waals surface area contributed by atoms with Crippen LogP contribution in [0.5, 0.6) is 0 Å². The molecule has 1 fully saturated rings. The molecule has 1 rings (SSSR count). The molecule has 3 nitrogen and oxygen atoms in total. The summed E-state index contributed by atoms with van der Waals surface area (Å²) < 4.78 is 0. The summed E-state index contributed by atoms with van der Waals surface area (Å²) in [6, 6.07) is 0.379. The molecule has 1 aliphatic rings. The molecule has 0 heterocycles. The molecule has 0 saturated heterocycles. The van der Waals surface area contributed by atoms with Gasteiger partial charge in [0, 0.05) is 6.04 Å². The lowest BCUT2D eigenvalue weighted by Crippen LogP contribution is -2.47. The van der Waals surface area contributed by atoms with Crippen LogP contribution in [0.1, 0.15) is 71.6 Å². The first-order valence-corrected chi connectivity index (χ1v) is 7.77. The zero-order chi connectivity index (χ0) is 13.2. The van der Waals surface area contributed by atoms with E-state index in [2.05, 4.69) is 17.6 Å². The van der Waals surface area contributed by atoms with Gasteiger partial charge in [-0.2, -0.15) is 0 Å². The largest absolute Gasteiger partial charge is 0.352 e. The third-order valence-electron chi connectivity index (χ3n) is 3.83. The Morgan fingerprint density at radius 2 is 1.89 bits per heavy atom. The molecule has 106 valence electrons. The van der Waals surface area contributed by atoms with Crippen molar-refractivity contribution < 1.29 is 4.79 Å². The monoisotopic (exact) mass is 254 g/mol. The fraction of sp³-hybridized carbons (Fsp3) is 0.933. The maximum Gasteiger partial charge on any atom is 0.237 e. The SMILES string of the molecule is CCCCCCN[C@@H](C)C(=O)NC1CCCCC1. The standard InChI is InChI=1S/C15H30N2O/c1-3-4-5-9-12-16-13(2)15(18)17-14-10-7-6-8-11-14/h13-14,16H,3-12H2,1-2H3,(H,17,18)/t13-/m0/s1. The highest BCUT2D eigenvalue weighted by atomic mass is 16.2. The molecule has 1 aliphatic carbocycles. The lowest BCUT2D eigenvalue weighted by Gasteiger charge is -2.24. The number of unbranched alkanes of at least 4 members (excludes halogenated alkanes) is 3. The van der Waals surface area contributed by atoms with Crippen LogP contribution in [-0.2, 0) is 4.79 Å². The molecule has 18 heavy (non-hydrogen) atoms. The highest BCUT2D eigenvalue weighted by molar-refractivity contribution is 5.81. The van der Waals surface area contributed by atoms with E-state index in [0.717, 1.165) is 19.4 Å². The molecule has 1 saturated carbocycles. The van der Waals surface area contributed by atoms with Crippen molar-refractivity contribution in [1.29, 1.82) is 0 Å². The Bertz CT molecular complexity index is 225. The number of amides is 1. The first-order valence-electron chi connectivity index (χ1n) is 7.77. The summed E-state index contributed by atoms with van der Waals surface area (Å²) in [5, 5.41) is 6.49. The van der Waals surface area contributed by atoms with Gasteiger partial charge < -0.3 is 10.6 Å². The third kappa shape index (κ3) is 6.39. The van der Waals surface area contributed by atoms with Crippen molar-refractivity contribution in [1.82, 2.24) is 10.6 Å². The molecule has 0 aliphatic heterocycles. The fourth-order valence-corrected chi connectivity index (χ4v) is 2.54. The Labute approximate surface area is 112 Å². The maximum atomic E-state index is 12.0. The lowest BCUT2D eigenvalue weighted by molar-refractivity contribution is -0.123. The summed E-state index contributed by atoms with van der Waals surface area (Å²) in [5.74, 6) is 0.178. The minimum atomic E-state index is -0.0476. The van der Waals surface area contributed by atoms with E-state index in [1.165, 1.54) is 44.9 Å². The number of carbonyl (C=O) groups excluding carboxylic acids is 1. The number of hydrogen-bond acceptors (Lipinski definition) is 2. The Morgan fingerprint density at radius 3 is 2.56 bits per heavy atom. The van der Waals surface area contributed by atoms with Gasteiger partial charge in [0.2, 0.25) is 5.91 Å². The van der Waals surface area contributed by atoms with Crippen LogP contribution in [0.4, 0.5) is 0 Å². The molecule has 1 atom stereocenters. The number of carbonyl (C=O) groups is 1. The van der Waals surface area contributed by atoms with Crippen molar-refractivity contribution >= 4 is 5.91 Å². The summed E-state index contributed by atoms with van der Waals surface area (Å²) in [7, 11) is 0. The number of hydrogen-bond donors (Lipinski definition) is 2. The molecule has 0 unspecified atom stereocenters. The molecule has 0 aromatic rings. The average Bonchev–Trinajstić information content (AvgIpc) is 2.39. The summed E-state index contributed by atoms with van der Waals surface area (Å²) in [4.78, 5) is 12.0. The molecular formula is C15H30N2O. The first-order chi connectivity index (χ1) is 8.74. The summed E-state index contributed by atoms with van der Waals surface area (Å²) in [5.41, 5.74) is 0. The van der Waals surface area contributed by atoms with E-state index in [9.17, 15) is 4.79 Å². The first kappa shape index (κ1) is 15.5. The Hall–Kier alpha value is -0.570. The van der Waals surface area contributed by atoms with Gasteiger partial charge in [0.15, 0.2) is 0 Å². The van der Waals surface area contributed by atoms with Crippen molar-refractivity contribution in [2.75, 3.05) is 6.54 Å². The second-order valence-electron chi connectivity index (χ2n) is 5.58. The molecule has 0 bridgehead atoms. The van der Waals surface area contributed by atoms with E-state index in [1.807, 2.05) is 6.92 Å². The van der Waals surface area contributed by atoms with Gasteiger partial charge in [0.1, 0.15) is 0 Å². The predicted octanol–water partition coefficient (Wildman–Crippen LogP) is 2.99. The van der Waals surface area contributed by atoms with Crippen molar-refractivity contribution in [2.45, 2.75) is 83.7 Å². The number of rotatable bonds is 8. The van der Waals surface area contributed by atoms with Crippen LogP contribution < -0.4 is 10.6 Å². The van der Waals surface area contributed by atoms with Crippen LogP contribution >= 0.6 is 0 Å². The summed E-state index contributed by atoms with van der Waals surface area (Å²) in [6.45, 7) is 5.14. The average molecular weight is 254 g/mol. The van der Waals surface area contributed by atoms with Gasteiger partial charge >= 0.3 is 0 Å². The smallest absolute Gasteiger partial charge is 0.237 e. The Balaban J connectivity index is 2.08. The van der Waals surface area contributed by atoms with Gasteiger partial charge in [-0.15, -0.1) is 0 Å². The van der Waals surface area contributed by atoms with Gasteiger partial charge in [0.25, 0.3) is 0 Å². The van der Waals surface area contributed by atoms with Crippen LogP contribution in [0.2, 0.25) is 0 Å². The second kappa shape index (κ2) is 9.37. The summed E-state index contributed by atoms with van der Waals surface area (Å²) >= 11 is 0. The van der Waals surface area contributed by atoms with Crippen molar-refractivity contribution in [2.24, 2.45) is 0 Å². The fourth-order valence-electron chi connectivity index (χ4n) is 2.54. The minimum Gasteiger partial charge on any atom is -0.352 e. The van der Waals surface area contributed by atoms with E-state index in [0.29, 0.717) is 6.04 Å². The molecule has 3 heteroatoms. The Kier molecular flexibility index (Phi) is 8.06.